The van der Waals surface area contributed by atoms with Crippen molar-refractivity contribution in [1.29, 1.82) is 0 Å². The molecule has 76 valence electrons. The lowest BCUT2D eigenvalue weighted by molar-refractivity contribution is 0.418. The smallest absolute Gasteiger partial charge is 0.199 e. The first-order chi connectivity index (χ1) is 6.63. The van der Waals surface area contributed by atoms with Gasteiger partial charge in [0.05, 0.1) is 0 Å². The van der Waals surface area contributed by atoms with Crippen molar-refractivity contribution in [3.63, 3.8) is 0 Å². The fraction of sp³-hybridized carbons (Fsp3) is 0. The molecule has 0 spiro atoms. The van der Waals surface area contributed by atoms with Crippen molar-refractivity contribution in [2.24, 2.45) is 0 Å². The molecule has 0 aliphatic rings. The topological polar surface area (TPSA) is 31.6 Å². The monoisotopic (exact) mass is 242 g/mol. The molecule has 0 saturated carbocycles. The van der Waals surface area contributed by atoms with Gasteiger partial charge in [-0.25, -0.2) is 17.6 Å². The Morgan fingerprint density at radius 2 is 1.50 bits per heavy atom. The van der Waals surface area contributed by atoms with Gasteiger partial charge in [-0.05, 0) is 11.5 Å². The summed E-state index contributed by atoms with van der Waals surface area (Å²) in [6.45, 7) is 0. The summed E-state index contributed by atoms with van der Waals surface area (Å²) in [5.41, 5.74) is -0.379. The van der Waals surface area contributed by atoms with Gasteiger partial charge in [0.2, 0.25) is 0 Å². The Hall–Kier alpha value is -1.02. The SMILES string of the molecule is Fc1c(F)c(F)c2s[nH]s[nH]c2c1F. The second kappa shape index (κ2) is 3.28. The van der Waals surface area contributed by atoms with E-state index in [2.05, 4.69) is 8.14 Å². The van der Waals surface area contributed by atoms with Crippen LogP contribution in [0.1, 0.15) is 0 Å². The van der Waals surface area contributed by atoms with Crippen LogP contribution in [0.2, 0.25) is 0 Å². The number of rotatable bonds is 0. The van der Waals surface area contributed by atoms with Crippen molar-refractivity contribution < 1.29 is 17.6 Å². The van der Waals surface area contributed by atoms with E-state index in [-0.39, 0.29) is 10.2 Å². The van der Waals surface area contributed by atoms with Crippen LogP contribution in [0.3, 0.4) is 0 Å². The van der Waals surface area contributed by atoms with Crippen LogP contribution in [0.4, 0.5) is 17.6 Å². The molecule has 2 nitrogen and oxygen atoms in total. The molecule has 0 fully saturated rings. The maximum absolute atomic E-state index is 13.0. The van der Waals surface area contributed by atoms with Crippen LogP contribution < -0.4 is 0 Å². The van der Waals surface area contributed by atoms with E-state index < -0.39 is 23.3 Å². The van der Waals surface area contributed by atoms with Gasteiger partial charge in [0.25, 0.3) is 0 Å². The Morgan fingerprint density at radius 3 is 2.21 bits per heavy atom. The molecule has 14 heavy (non-hydrogen) atoms. The lowest BCUT2D eigenvalue weighted by atomic mass is 10.3. The van der Waals surface area contributed by atoms with Crippen molar-refractivity contribution in [2.45, 2.75) is 0 Å². The van der Waals surface area contributed by atoms with Gasteiger partial charge < -0.3 is 0 Å². The van der Waals surface area contributed by atoms with Crippen molar-refractivity contribution in [2.75, 3.05) is 0 Å². The predicted octanol–water partition coefficient (Wildman–Crippen LogP) is 3.30. The fourth-order valence-corrected chi connectivity index (χ4v) is 2.38. The van der Waals surface area contributed by atoms with E-state index in [4.69, 9.17) is 0 Å². The van der Waals surface area contributed by atoms with Gasteiger partial charge in [-0.3, -0.25) is 8.14 Å². The highest BCUT2D eigenvalue weighted by molar-refractivity contribution is 7.20. The number of hydrogen-bond donors (Lipinski definition) is 2. The number of fused-ring (bicyclic) bond motifs is 1. The third-order valence-electron chi connectivity index (χ3n) is 1.56. The first-order valence-corrected chi connectivity index (χ1v) is 4.96. The van der Waals surface area contributed by atoms with Crippen LogP contribution in [0.25, 0.3) is 10.2 Å². The third-order valence-corrected chi connectivity index (χ3v) is 3.12. The van der Waals surface area contributed by atoms with E-state index >= 15 is 0 Å². The molecule has 8 heteroatoms. The third kappa shape index (κ3) is 1.22. The van der Waals surface area contributed by atoms with Gasteiger partial charge in [-0.1, -0.05) is 0 Å². The van der Waals surface area contributed by atoms with Crippen LogP contribution >= 0.6 is 23.3 Å². The second-order valence-corrected chi connectivity index (χ2v) is 4.04. The zero-order valence-electron chi connectivity index (χ0n) is 6.33. The highest BCUT2D eigenvalue weighted by Crippen LogP contribution is 2.27. The van der Waals surface area contributed by atoms with Crippen LogP contribution in [-0.4, -0.2) is 8.14 Å². The molecule has 2 rings (SSSR count). The molecule has 2 N–H and O–H groups in total. The average molecular weight is 242 g/mol. The van der Waals surface area contributed by atoms with Gasteiger partial charge in [-0.15, -0.1) is 0 Å². The number of halogens is 4. The average Bonchev–Trinajstić information content (AvgIpc) is 2.23. The largest absolute Gasteiger partial charge is 0.292 e. The number of aromatic nitrogens is 2. The van der Waals surface area contributed by atoms with Gasteiger partial charge >= 0.3 is 0 Å². The maximum Gasteiger partial charge on any atom is 0.199 e. The van der Waals surface area contributed by atoms with Crippen molar-refractivity contribution in [3.05, 3.63) is 23.3 Å². The quantitative estimate of drug-likeness (QED) is 0.403. The van der Waals surface area contributed by atoms with Gasteiger partial charge in [0.15, 0.2) is 23.3 Å². The number of aromatic amines is 2. The minimum Gasteiger partial charge on any atom is -0.292 e. The summed E-state index contributed by atoms with van der Waals surface area (Å²) >= 11 is 1.52. The lowest BCUT2D eigenvalue weighted by Crippen LogP contribution is -1.97. The molecule has 0 amide bonds. The van der Waals surface area contributed by atoms with E-state index in [0.717, 1.165) is 11.7 Å². The fourth-order valence-electron chi connectivity index (χ4n) is 0.933. The highest BCUT2D eigenvalue weighted by Gasteiger charge is 2.20. The van der Waals surface area contributed by atoms with E-state index in [0.29, 0.717) is 11.5 Å². The van der Waals surface area contributed by atoms with Crippen LogP contribution in [0.5, 0.6) is 0 Å². The molecule has 0 bridgehead atoms. The lowest BCUT2D eigenvalue weighted by Gasteiger charge is -2.02. The summed E-state index contributed by atoms with van der Waals surface area (Å²) in [5, 5.41) is 0. The van der Waals surface area contributed by atoms with Crippen LogP contribution in [-0.2, 0) is 0 Å². The molecule has 0 radical (unpaired) electrons. The summed E-state index contributed by atoms with van der Waals surface area (Å²) in [6, 6.07) is 0. The molecule has 1 aromatic heterocycles. The molecule has 0 saturated heterocycles. The maximum atomic E-state index is 13.0. The second-order valence-electron chi connectivity index (χ2n) is 2.35. The molecule has 0 atom stereocenters. The number of hydrogen-bond acceptors (Lipinski definition) is 2. The van der Waals surface area contributed by atoms with Crippen LogP contribution in [0, 0.1) is 23.3 Å². The summed E-state index contributed by atoms with van der Waals surface area (Å²) in [7, 11) is 0. The minimum absolute atomic E-state index is 0.319. The summed E-state index contributed by atoms with van der Waals surface area (Å²) < 4.78 is 55.9. The Labute approximate surface area is 82.9 Å². The van der Waals surface area contributed by atoms with Gasteiger partial charge in [0, 0.05) is 11.7 Å². The van der Waals surface area contributed by atoms with Crippen molar-refractivity contribution >= 4 is 33.5 Å². The zero-order valence-corrected chi connectivity index (χ0v) is 7.96. The first-order valence-electron chi connectivity index (χ1n) is 3.32. The Morgan fingerprint density at radius 1 is 0.857 bits per heavy atom. The van der Waals surface area contributed by atoms with Gasteiger partial charge in [0.1, 0.15) is 10.2 Å². The summed E-state index contributed by atoms with van der Waals surface area (Å²) in [5.74, 6) is -6.43. The summed E-state index contributed by atoms with van der Waals surface area (Å²) in [4.78, 5) is 0. The Balaban J connectivity index is 3.02. The molecule has 0 unspecified atom stereocenters. The Bertz CT molecular complexity index is 472. The molecule has 1 heterocycles. The zero-order chi connectivity index (χ0) is 10.3. The first kappa shape index (κ1) is 9.53. The molecule has 2 aromatic rings. The van der Waals surface area contributed by atoms with Gasteiger partial charge in [-0.2, -0.15) is 0 Å². The number of nitrogens with one attached hydrogen (secondary N) is 2. The standard InChI is InChI=1S/C6H2F4N2S2/c7-1-2(8)4(10)6-5(3(1)9)11-14-12-13-6/h11-12H. The normalized spacial score (nSPS) is 10.9. The molecular weight excluding hydrogens is 240 g/mol. The van der Waals surface area contributed by atoms with Crippen molar-refractivity contribution in [3.8, 4) is 0 Å². The van der Waals surface area contributed by atoms with E-state index in [1.54, 1.807) is 0 Å². The Kier molecular flexibility index (Phi) is 2.23. The van der Waals surface area contributed by atoms with E-state index in [1.165, 1.54) is 0 Å². The summed E-state index contributed by atoms with van der Waals surface area (Å²) in [6.07, 6.45) is 0. The number of benzene rings is 1. The molecule has 0 aliphatic heterocycles. The van der Waals surface area contributed by atoms with E-state index in [1.807, 2.05) is 0 Å². The molecule has 0 aliphatic carbocycles. The van der Waals surface area contributed by atoms with E-state index in [9.17, 15) is 17.6 Å². The van der Waals surface area contributed by atoms with Crippen LogP contribution in [0.15, 0.2) is 0 Å². The predicted molar refractivity (Wildman–Crippen MR) is 45.9 cm³/mol. The molecule has 1 aromatic carbocycles. The minimum atomic E-state index is -1.81. The highest BCUT2D eigenvalue weighted by atomic mass is 32.2. The van der Waals surface area contributed by atoms with Crippen molar-refractivity contribution in [1.82, 2.24) is 8.14 Å². The number of H-pyrrole nitrogens is 2. The molecular formula is C6H2F4N2S2.